The average Bonchev–Trinajstić information content (AvgIpc) is 3.10. The molecule has 24 heavy (non-hydrogen) atoms. The number of hydrogen-bond donors (Lipinski definition) is 1. The van der Waals surface area contributed by atoms with Crippen molar-refractivity contribution < 1.29 is 14.0 Å². The maximum atomic E-state index is 12.9. The van der Waals surface area contributed by atoms with Gasteiger partial charge in [-0.3, -0.25) is 4.79 Å². The predicted octanol–water partition coefficient (Wildman–Crippen LogP) is 2.74. The molecule has 3 rings (SSSR count). The van der Waals surface area contributed by atoms with Crippen LogP contribution in [0.4, 0.5) is 4.79 Å². The van der Waals surface area contributed by atoms with Crippen molar-refractivity contribution in [3.8, 4) is 0 Å². The highest BCUT2D eigenvalue weighted by molar-refractivity contribution is 5.78. The Bertz CT molecular complexity index is 552. The number of rotatable bonds is 4. The number of likely N-dealkylation sites (N-methyl/N-ethyl adjacent to an activating group) is 1. The fraction of sp³-hybridized carbons (Fsp3) is 0.667. The second kappa shape index (κ2) is 7.73. The average molecular weight is 333 g/mol. The molecule has 0 spiro atoms. The van der Waals surface area contributed by atoms with E-state index in [2.05, 4.69) is 5.32 Å². The summed E-state index contributed by atoms with van der Waals surface area (Å²) in [5.74, 6) is 0.156. The fourth-order valence-corrected chi connectivity index (χ4v) is 3.73. The number of carbonyl (C=O) groups is 2. The van der Waals surface area contributed by atoms with Crippen LogP contribution in [-0.2, 0) is 11.3 Å². The third-order valence-corrected chi connectivity index (χ3v) is 5.16. The topological polar surface area (TPSA) is 65.8 Å². The van der Waals surface area contributed by atoms with Gasteiger partial charge in [-0.1, -0.05) is 19.3 Å². The van der Waals surface area contributed by atoms with Crippen LogP contribution in [0, 0.1) is 0 Å². The molecule has 0 aromatic carbocycles. The number of carbonyl (C=O) groups excluding carboxylic acids is 2. The predicted molar refractivity (Wildman–Crippen MR) is 90.3 cm³/mol. The van der Waals surface area contributed by atoms with Gasteiger partial charge in [-0.25, -0.2) is 4.79 Å². The van der Waals surface area contributed by atoms with Crippen LogP contribution in [0.2, 0.25) is 0 Å². The summed E-state index contributed by atoms with van der Waals surface area (Å²) in [5.41, 5.74) is 1.02. The molecule has 1 aromatic rings. The Balaban J connectivity index is 1.64. The van der Waals surface area contributed by atoms with E-state index in [0.29, 0.717) is 19.5 Å². The largest absolute Gasteiger partial charge is 0.472 e. The van der Waals surface area contributed by atoms with Crippen LogP contribution >= 0.6 is 0 Å². The SMILES string of the molecule is CN1C[C@H](NC(=O)N(Cc2ccoc2)C2CCCCC2)CCC1=O. The smallest absolute Gasteiger partial charge is 0.318 e. The van der Waals surface area contributed by atoms with E-state index in [1.165, 1.54) is 19.3 Å². The summed E-state index contributed by atoms with van der Waals surface area (Å²) in [6.07, 6.45) is 10.3. The van der Waals surface area contributed by atoms with Crippen LogP contribution in [0.15, 0.2) is 23.0 Å². The van der Waals surface area contributed by atoms with Gasteiger partial charge in [-0.15, -0.1) is 0 Å². The van der Waals surface area contributed by atoms with E-state index < -0.39 is 0 Å². The highest BCUT2D eigenvalue weighted by Gasteiger charge is 2.29. The van der Waals surface area contributed by atoms with E-state index in [4.69, 9.17) is 4.42 Å². The van der Waals surface area contributed by atoms with Gasteiger partial charge in [-0.2, -0.15) is 0 Å². The normalized spacial score (nSPS) is 22.5. The van der Waals surface area contributed by atoms with E-state index in [0.717, 1.165) is 24.8 Å². The van der Waals surface area contributed by atoms with Crippen molar-refractivity contribution >= 4 is 11.9 Å². The molecule has 0 bridgehead atoms. The Labute approximate surface area is 143 Å². The molecule has 6 nitrogen and oxygen atoms in total. The molecule has 1 N–H and O–H groups in total. The minimum Gasteiger partial charge on any atom is -0.472 e. The highest BCUT2D eigenvalue weighted by atomic mass is 16.3. The molecule has 2 fully saturated rings. The standard InChI is InChI=1S/C18H27N3O3/c1-20-12-15(7-8-17(20)22)19-18(23)21(11-14-9-10-24-13-14)16-5-3-2-4-6-16/h9-10,13,15-16H,2-8,11-12H2,1H3,(H,19,23)/t15-/m1/s1. The zero-order chi connectivity index (χ0) is 16.9. The van der Waals surface area contributed by atoms with Crippen molar-refractivity contribution in [3.63, 3.8) is 0 Å². The number of nitrogens with one attached hydrogen (secondary N) is 1. The Morgan fingerprint density at radius 2 is 2.12 bits per heavy atom. The van der Waals surface area contributed by atoms with Gasteiger partial charge < -0.3 is 19.5 Å². The summed E-state index contributed by atoms with van der Waals surface area (Å²) in [7, 11) is 1.80. The quantitative estimate of drug-likeness (QED) is 0.921. The van der Waals surface area contributed by atoms with Gasteiger partial charge in [0, 0.05) is 37.7 Å². The molecule has 0 radical (unpaired) electrons. The second-order valence-corrected chi connectivity index (χ2v) is 7.01. The molecule has 132 valence electrons. The van der Waals surface area contributed by atoms with Crippen molar-refractivity contribution in [3.05, 3.63) is 24.2 Å². The lowest BCUT2D eigenvalue weighted by Gasteiger charge is -2.37. The number of hydrogen-bond acceptors (Lipinski definition) is 3. The lowest BCUT2D eigenvalue weighted by atomic mass is 9.94. The lowest BCUT2D eigenvalue weighted by Crippen LogP contribution is -2.54. The number of likely N-dealkylation sites (tertiary alicyclic amines) is 1. The van der Waals surface area contributed by atoms with Crippen molar-refractivity contribution in [1.82, 2.24) is 15.1 Å². The molecule has 1 aliphatic carbocycles. The Kier molecular flexibility index (Phi) is 5.43. The number of urea groups is 1. The first-order valence-electron chi connectivity index (χ1n) is 8.95. The van der Waals surface area contributed by atoms with Crippen molar-refractivity contribution in [2.75, 3.05) is 13.6 Å². The lowest BCUT2D eigenvalue weighted by molar-refractivity contribution is -0.132. The summed E-state index contributed by atoms with van der Waals surface area (Å²) >= 11 is 0. The first kappa shape index (κ1) is 16.9. The summed E-state index contributed by atoms with van der Waals surface area (Å²) in [5, 5.41) is 3.14. The first-order valence-corrected chi connectivity index (χ1v) is 8.95. The molecule has 0 unspecified atom stereocenters. The summed E-state index contributed by atoms with van der Waals surface area (Å²) < 4.78 is 5.16. The van der Waals surface area contributed by atoms with Gasteiger partial charge in [-0.05, 0) is 25.3 Å². The monoisotopic (exact) mass is 333 g/mol. The molecule has 3 amide bonds. The number of furan rings is 1. The van der Waals surface area contributed by atoms with Crippen molar-refractivity contribution in [1.29, 1.82) is 0 Å². The van der Waals surface area contributed by atoms with Gasteiger partial charge in [0.05, 0.1) is 19.1 Å². The maximum Gasteiger partial charge on any atom is 0.318 e. The third kappa shape index (κ3) is 4.10. The van der Waals surface area contributed by atoms with Crippen LogP contribution in [0.3, 0.4) is 0 Å². The minimum absolute atomic E-state index is 0.0177. The Hall–Kier alpha value is -1.98. The fourth-order valence-electron chi connectivity index (χ4n) is 3.73. The van der Waals surface area contributed by atoms with Crippen LogP contribution in [0.25, 0.3) is 0 Å². The molecule has 2 heterocycles. The van der Waals surface area contributed by atoms with Crippen LogP contribution < -0.4 is 5.32 Å². The second-order valence-electron chi connectivity index (χ2n) is 7.01. The van der Waals surface area contributed by atoms with Crippen LogP contribution in [0.1, 0.15) is 50.5 Å². The summed E-state index contributed by atoms with van der Waals surface area (Å²) in [6.45, 7) is 1.17. The van der Waals surface area contributed by atoms with E-state index in [9.17, 15) is 9.59 Å². The maximum absolute atomic E-state index is 12.9. The van der Waals surface area contributed by atoms with E-state index in [1.54, 1.807) is 24.5 Å². The summed E-state index contributed by atoms with van der Waals surface area (Å²) in [4.78, 5) is 28.2. The zero-order valence-electron chi connectivity index (χ0n) is 14.4. The molecule has 1 aliphatic heterocycles. The molecular formula is C18H27N3O3. The molecule has 1 atom stereocenters. The van der Waals surface area contributed by atoms with Gasteiger partial charge in [0.15, 0.2) is 0 Å². The molecule has 6 heteroatoms. The van der Waals surface area contributed by atoms with E-state index in [-0.39, 0.29) is 24.0 Å². The highest BCUT2D eigenvalue weighted by Crippen LogP contribution is 2.24. The molecular weight excluding hydrogens is 306 g/mol. The van der Waals surface area contributed by atoms with E-state index >= 15 is 0 Å². The molecule has 2 aliphatic rings. The van der Waals surface area contributed by atoms with Gasteiger partial charge in [0.1, 0.15) is 0 Å². The first-order chi connectivity index (χ1) is 11.6. The third-order valence-electron chi connectivity index (χ3n) is 5.16. The van der Waals surface area contributed by atoms with Crippen LogP contribution in [0.5, 0.6) is 0 Å². The molecule has 1 saturated carbocycles. The molecule has 1 saturated heterocycles. The summed E-state index contributed by atoms with van der Waals surface area (Å²) in [6, 6.07) is 2.22. The van der Waals surface area contributed by atoms with Gasteiger partial charge >= 0.3 is 6.03 Å². The van der Waals surface area contributed by atoms with Gasteiger partial charge in [0.25, 0.3) is 0 Å². The van der Waals surface area contributed by atoms with E-state index in [1.807, 2.05) is 11.0 Å². The number of amides is 3. The van der Waals surface area contributed by atoms with Crippen molar-refractivity contribution in [2.24, 2.45) is 0 Å². The van der Waals surface area contributed by atoms with Crippen molar-refractivity contribution in [2.45, 2.75) is 63.6 Å². The van der Waals surface area contributed by atoms with Gasteiger partial charge in [0.2, 0.25) is 5.91 Å². The zero-order valence-corrected chi connectivity index (χ0v) is 14.4. The Morgan fingerprint density at radius 1 is 1.33 bits per heavy atom. The number of nitrogens with zero attached hydrogens (tertiary/aromatic N) is 2. The number of piperidine rings is 1. The molecule has 1 aromatic heterocycles. The Morgan fingerprint density at radius 3 is 2.79 bits per heavy atom. The van der Waals surface area contributed by atoms with Crippen LogP contribution in [-0.4, -0.2) is 47.4 Å². The minimum atomic E-state index is -0.0177.